The number of allylic oxidation sites excluding steroid dienone is 20. The van der Waals surface area contributed by atoms with Gasteiger partial charge in [-0.1, -0.05) is 284 Å². The minimum Gasteiger partial charge on any atom is -0.462 e. The van der Waals surface area contributed by atoms with E-state index >= 15 is 0 Å². The van der Waals surface area contributed by atoms with Gasteiger partial charge >= 0.3 is 17.9 Å². The second kappa shape index (κ2) is 63.3. The molecule has 0 saturated carbocycles. The van der Waals surface area contributed by atoms with Gasteiger partial charge in [-0.15, -0.1) is 0 Å². The van der Waals surface area contributed by atoms with Gasteiger partial charge in [0.2, 0.25) is 0 Å². The Morgan fingerprint density at radius 2 is 0.526 bits per heavy atom. The molecule has 0 aliphatic rings. The Bertz CT molecular complexity index is 1590. The van der Waals surface area contributed by atoms with Gasteiger partial charge in [0.15, 0.2) is 6.10 Å². The SMILES string of the molecule is CC/C=C\C/C=C\C/C=C\C/C=C\C/C=C\CCCCCC(=O)OC(COC(=O)CCC/C=C\C/C=C\C/C=C\C/C=C\C/C=C\CC)COC(=O)CCCCCCCCCCCCCCCCCCCCCCCC. The Kier molecular flexibility index (Phi) is 59.9. The summed E-state index contributed by atoms with van der Waals surface area (Å²) in [4.78, 5) is 38.3. The summed E-state index contributed by atoms with van der Waals surface area (Å²) >= 11 is 0. The van der Waals surface area contributed by atoms with Crippen LogP contribution in [0.2, 0.25) is 0 Å². The highest BCUT2D eigenvalue weighted by molar-refractivity contribution is 5.71. The van der Waals surface area contributed by atoms with Crippen molar-refractivity contribution in [3.05, 3.63) is 122 Å². The van der Waals surface area contributed by atoms with Gasteiger partial charge in [-0.05, 0) is 103 Å². The van der Waals surface area contributed by atoms with Gasteiger partial charge in [-0.25, -0.2) is 0 Å². The van der Waals surface area contributed by atoms with Gasteiger partial charge in [0, 0.05) is 19.3 Å². The minimum absolute atomic E-state index is 0.110. The van der Waals surface area contributed by atoms with Crippen molar-refractivity contribution >= 4 is 17.9 Å². The molecule has 0 aromatic heterocycles. The molecule has 432 valence electrons. The molecule has 0 saturated heterocycles. The van der Waals surface area contributed by atoms with Crippen LogP contribution in [0.3, 0.4) is 0 Å². The van der Waals surface area contributed by atoms with E-state index in [1.807, 2.05) is 0 Å². The van der Waals surface area contributed by atoms with E-state index in [9.17, 15) is 14.4 Å². The molecule has 0 rings (SSSR count). The summed E-state index contributed by atoms with van der Waals surface area (Å²) in [6, 6.07) is 0. The van der Waals surface area contributed by atoms with Crippen LogP contribution in [0.1, 0.15) is 284 Å². The quantitative estimate of drug-likeness (QED) is 0.0261. The Labute approximate surface area is 469 Å². The zero-order valence-corrected chi connectivity index (χ0v) is 49.5. The van der Waals surface area contributed by atoms with Crippen LogP contribution < -0.4 is 0 Å². The Morgan fingerprint density at radius 3 is 0.855 bits per heavy atom. The second-order valence-corrected chi connectivity index (χ2v) is 20.6. The fourth-order valence-electron chi connectivity index (χ4n) is 8.56. The Morgan fingerprint density at radius 1 is 0.276 bits per heavy atom. The molecule has 0 spiro atoms. The third kappa shape index (κ3) is 60.7. The van der Waals surface area contributed by atoms with Crippen LogP contribution in [0.4, 0.5) is 0 Å². The summed E-state index contributed by atoms with van der Waals surface area (Å²) in [5.41, 5.74) is 0. The second-order valence-electron chi connectivity index (χ2n) is 20.6. The molecule has 6 heteroatoms. The Hall–Kier alpha value is -4.19. The summed E-state index contributed by atoms with van der Waals surface area (Å²) < 4.78 is 16.8. The van der Waals surface area contributed by atoms with E-state index in [0.29, 0.717) is 19.3 Å². The number of carbonyl (C=O) groups is 3. The highest BCUT2D eigenvalue weighted by Crippen LogP contribution is 2.16. The van der Waals surface area contributed by atoms with Crippen molar-refractivity contribution in [2.45, 2.75) is 290 Å². The lowest BCUT2D eigenvalue weighted by Crippen LogP contribution is -2.30. The zero-order valence-electron chi connectivity index (χ0n) is 49.5. The van der Waals surface area contributed by atoms with Crippen molar-refractivity contribution in [1.82, 2.24) is 0 Å². The molecular weight excluding hydrogens is 937 g/mol. The lowest BCUT2D eigenvalue weighted by Gasteiger charge is -2.18. The van der Waals surface area contributed by atoms with Crippen molar-refractivity contribution in [3.63, 3.8) is 0 Å². The van der Waals surface area contributed by atoms with Crippen LogP contribution in [-0.4, -0.2) is 37.2 Å². The first-order chi connectivity index (χ1) is 37.5. The lowest BCUT2D eigenvalue weighted by molar-refractivity contribution is -0.167. The van der Waals surface area contributed by atoms with Gasteiger partial charge in [-0.3, -0.25) is 14.4 Å². The molecule has 76 heavy (non-hydrogen) atoms. The van der Waals surface area contributed by atoms with Crippen LogP contribution in [-0.2, 0) is 28.6 Å². The van der Waals surface area contributed by atoms with Crippen molar-refractivity contribution in [2.75, 3.05) is 13.2 Å². The predicted octanol–water partition coefficient (Wildman–Crippen LogP) is 21.6. The maximum absolute atomic E-state index is 12.9. The number of esters is 3. The normalized spacial score (nSPS) is 12.9. The molecule has 0 aliphatic carbocycles. The molecule has 1 unspecified atom stereocenters. The number of hydrogen-bond donors (Lipinski definition) is 0. The number of hydrogen-bond acceptors (Lipinski definition) is 6. The molecule has 0 bridgehead atoms. The highest BCUT2D eigenvalue weighted by atomic mass is 16.6. The van der Waals surface area contributed by atoms with Crippen molar-refractivity contribution in [3.8, 4) is 0 Å². The lowest BCUT2D eigenvalue weighted by atomic mass is 10.0. The van der Waals surface area contributed by atoms with E-state index in [1.165, 1.54) is 122 Å². The molecular formula is C70H116O6. The van der Waals surface area contributed by atoms with Gasteiger partial charge in [0.05, 0.1) is 0 Å². The van der Waals surface area contributed by atoms with E-state index in [-0.39, 0.29) is 44.0 Å². The molecule has 6 nitrogen and oxygen atoms in total. The van der Waals surface area contributed by atoms with Crippen molar-refractivity contribution in [2.24, 2.45) is 0 Å². The minimum atomic E-state index is -0.822. The number of unbranched alkanes of at least 4 members (excludes halogenated alkanes) is 25. The van der Waals surface area contributed by atoms with E-state index in [0.717, 1.165) is 109 Å². The summed E-state index contributed by atoms with van der Waals surface area (Å²) in [7, 11) is 0. The van der Waals surface area contributed by atoms with Crippen molar-refractivity contribution < 1.29 is 28.6 Å². The van der Waals surface area contributed by atoms with Gasteiger partial charge in [0.1, 0.15) is 13.2 Å². The van der Waals surface area contributed by atoms with Crippen LogP contribution in [0.5, 0.6) is 0 Å². The fourth-order valence-corrected chi connectivity index (χ4v) is 8.56. The molecule has 0 fully saturated rings. The zero-order chi connectivity index (χ0) is 55.0. The predicted molar refractivity (Wildman–Crippen MR) is 330 cm³/mol. The molecule has 0 radical (unpaired) electrons. The Balaban J connectivity index is 4.48. The number of ether oxygens (including phenoxy) is 3. The average molecular weight is 1050 g/mol. The standard InChI is InChI=1S/C70H116O6/c1-4-7-10-13-16-19-22-25-28-31-33-34-35-37-39-42-45-48-51-54-57-60-63-69(72)75-66-67(65-74-68(71)62-59-56-53-50-47-44-41-38-30-27-24-21-18-15-12-9-6-3)76-70(73)64-61-58-55-52-49-46-43-40-36-32-29-26-23-20-17-14-11-8-5-2/h8-9,11-12,17-18,20-21,26-27,29-30,36,40-41,44,46,49-50,53,67H,4-7,10,13-16,19,22-25,28,31-35,37-39,42-43,45,47-48,51-52,54-66H2,1-3H3/b11-8-,12-9-,20-17-,21-18-,29-26-,30-27-,40-36-,44-41-,49-46-,53-50-. The first-order valence-electron chi connectivity index (χ1n) is 31.5. The topological polar surface area (TPSA) is 78.9 Å². The molecule has 0 N–H and O–H groups in total. The van der Waals surface area contributed by atoms with E-state index in [2.05, 4.69) is 142 Å². The molecule has 0 aromatic rings. The van der Waals surface area contributed by atoms with Crippen LogP contribution in [0, 0.1) is 0 Å². The maximum Gasteiger partial charge on any atom is 0.306 e. The average Bonchev–Trinajstić information content (AvgIpc) is 3.42. The third-order valence-corrected chi connectivity index (χ3v) is 13.2. The van der Waals surface area contributed by atoms with Crippen LogP contribution >= 0.6 is 0 Å². The fraction of sp³-hybridized carbons (Fsp3) is 0.671. The van der Waals surface area contributed by atoms with Gasteiger partial charge in [0.25, 0.3) is 0 Å². The van der Waals surface area contributed by atoms with E-state index < -0.39 is 6.10 Å². The monoisotopic (exact) mass is 1050 g/mol. The molecule has 0 amide bonds. The molecule has 0 aromatic carbocycles. The number of carbonyl (C=O) groups excluding carboxylic acids is 3. The highest BCUT2D eigenvalue weighted by Gasteiger charge is 2.19. The van der Waals surface area contributed by atoms with Gasteiger partial charge < -0.3 is 14.2 Å². The summed E-state index contributed by atoms with van der Waals surface area (Å²) in [5.74, 6) is -0.998. The molecule has 0 aliphatic heterocycles. The first-order valence-corrected chi connectivity index (χ1v) is 31.5. The summed E-state index contributed by atoms with van der Waals surface area (Å²) in [6.07, 6.45) is 87.8. The first kappa shape index (κ1) is 71.8. The largest absolute Gasteiger partial charge is 0.462 e. The third-order valence-electron chi connectivity index (χ3n) is 13.2. The molecule has 1 atom stereocenters. The smallest absolute Gasteiger partial charge is 0.306 e. The van der Waals surface area contributed by atoms with Gasteiger partial charge in [-0.2, -0.15) is 0 Å². The van der Waals surface area contributed by atoms with Crippen LogP contribution in [0.15, 0.2) is 122 Å². The summed E-state index contributed by atoms with van der Waals surface area (Å²) in [5, 5.41) is 0. The summed E-state index contributed by atoms with van der Waals surface area (Å²) in [6.45, 7) is 6.36. The van der Waals surface area contributed by atoms with E-state index in [4.69, 9.17) is 14.2 Å². The van der Waals surface area contributed by atoms with Crippen LogP contribution in [0.25, 0.3) is 0 Å². The van der Waals surface area contributed by atoms with E-state index in [1.54, 1.807) is 0 Å². The van der Waals surface area contributed by atoms with Crippen molar-refractivity contribution in [1.29, 1.82) is 0 Å². The number of rotatable bonds is 56. The molecule has 0 heterocycles. The maximum atomic E-state index is 12.9.